The minimum absolute atomic E-state index is 0. The Morgan fingerprint density at radius 2 is 2.11 bits per heavy atom. The maximum atomic E-state index is 9.02. The first-order chi connectivity index (χ1) is 3.79. The molecule has 2 nitrogen and oxygen atoms in total. The Bertz CT molecular complexity index is 71.5. The highest BCUT2D eigenvalue weighted by atomic mass is 35.5. The molecule has 0 radical (unpaired) electrons. The molecule has 0 aromatic rings. The summed E-state index contributed by atoms with van der Waals surface area (Å²) in [5.41, 5.74) is 0. The Hall–Kier alpha value is 0.210. The summed E-state index contributed by atoms with van der Waals surface area (Å²) in [7, 11) is 0. The van der Waals surface area contributed by atoms with Crippen LogP contribution in [0.25, 0.3) is 0 Å². The molecule has 1 fully saturated rings. The zero-order valence-electron chi connectivity index (χ0n) is 5.63. The van der Waals surface area contributed by atoms with Crippen LogP contribution < -0.4 is 5.32 Å². The number of β-amino-alcohol motifs (C(OH)–C–C–N with tert-alkyl or cyclic N) is 1. The quantitative estimate of drug-likeness (QED) is 0.526. The van der Waals surface area contributed by atoms with E-state index in [4.69, 9.17) is 5.11 Å². The largest absolute Gasteiger partial charge is 0.392 e. The highest BCUT2D eigenvalue weighted by Gasteiger charge is 2.14. The van der Waals surface area contributed by atoms with Crippen molar-refractivity contribution < 1.29 is 5.11 Å². The van der Waals surface area contributed by atoms with Crippen LogP contribution in [0.2, 0.25) is 0 Å². The smallest absolute Gasteiger partial charge is 0.0667 e. The molecular weight excluding hydrogens is 138 g/mol. The second-order valence-corrected chi connectivity index (χ2v) is 2.65. The summed E-state index contributed by atoms with van der Waals surface area (Å²) in [6, 6.07) is 0. The van der Waals surface area contributed by atoms with Gasteiger partial charge in [-0.15, -0.1) is 12.4 Å². The van der Waals surface area contributed by atoms with Crippen LogP contribution in [0, 0.1) is 5.92 Å². The molecule has 56 valence electrons. The zero-order valence-corrected chi connectivity index (χ0v) is 6.45. The van der Waals surface area contributed by atoms with Crippen LogP contribution in [0.5, 0.6) is 0 Å². The predicted octanol–water partition coefficient (Wildman–Crippen LogP) is 0.398. The molecule has 1 saturated heterocycles. The third-order valence-corrected chi connectivity index (χ3v) is 1.55. The standard InChI is InChI=1S/C6H13NO.ClH/c1-5-2-6(8)4-7-3-5;/h5-8H,2-4H2,1H3;1H/t5-,6-;/m1./s1. The van der Waals surface area contributed by atoms with Crippen molar-refractivity contribution in [1.82, 2.24) is 5.32 Å². The first-order valence-electron chi connectivity index (χ1n) is 3.18. The second-order valence-electron chi connectivity index (χ2n) is 2.65. The fourth-order valence-electron chi connectivity index (χ4n) is 1.13. The highest BCUT2D eigenvalue weighted by Crippen LogP contribution is 2.07. The van der Waals surface area contributed by atoms with E-state index in [1.165, 1.54) is 0 Å². The van der Waals surface area contributed by atoms with Gasteiger partial charge in [0.1, 0.15) is 0 Å². The van der Waals surface area contributed by atoms with E-state index in [-0.39, 0.29) is 18.5 Å². The summed E-state index contributed by atoms with van der Waals surface area (Å²) in [5.74, 6) is 0.652. The lowest BCUT2D eigenvalue weighted by Crippen LogP contribution is -2.38. The van der Waals surface area contributed by atoms with E-state index >= 15 is 0 Å². The average molecular weight is 152 g/mol. The van der Waals surface area contributed by atoms with E-state index in [0.29, 0.717) is 5.92 Å². The maximum absolute atomic E-state index is 9.02. The molecule has 2 N–H and O–H groups in total. The van der Waals surface area contributed by atoms with Crippen LogP contribution in [-0.4, -0.2) is 24.3 Å². The first kappa shape index (κ1) is 9.21. The Morgan fingerprint density at radius 3 is 2.44 bits per heavy atom. The van der Waals surface area contributed by atoms with Crippen LogP contribution in [0.15, 0.2) is 0 Å². The fraction of sp³-hybridized carbons (Fsp3) is 1.00. The fourth-order valence-corrected chi connectivity index (χ4v) is 1.13. The van der Waals surface area contributed by atoms with Crippen molar-refractivity contribution in [3.63, 3.8) is 0 Å². The molecule has 1 aliphatic rings. The van der Waals surface area contributed by atoms with Gasteiger partial charge < -0.3 is 10.4 Å². The average Bonchev–Trinajstić information content (AvgIpc) is 1.64. The van der Waals surface area contributed by atoms with Gasteiger partial charge in [0, 0.05) is 6.54 Å². The van der Waals surface area contributed by atoms with Crippen molar-refractivity contribution >= 4 is 12.4 Å². The van der Waals surface area contributed by atoms with Crippen molar-refractivity contribution in [2.45, 2.75) is 19.4 Å². The molecule has 3 heteroatoms. The summed E-state index contributed by atoms with van der Waals surface area (Å²) in [6.45, 7) is 4.00. The minimum Gasteiger partial charge on any atom is -0.392 e. The van der Waals surface area contributed by atoms with Gasteiger partial charge in [0.25, 0.3) is 0 Å². The van der Waals surface area contributed by atoms with Crippen molar-refractivity contribution in [1.29, 1.82) is 0 Å². The van der Waals surface area contributed by atoms with E-state index in [2.05, 4.69) is 12.2 Å². The molecule has 1 rings (SSSR count). The number of nitrogens with one attached hydrogen (secondary N) is 1. The Morgan fingerprint density at radius 1 is 1.44 bits per heavy atom. The maximum Gasteiger partial charge on any atom is 0.0667 e. The van der Waals surface area contributed by atoms with Crippen molar-refractivity contribution in [2.24, 2.45) is 5.92 Å². The van der Waals surface area contributed by atoms with E-state index < -0.39 is 0 Å². The molecular formula is C6H14ClNO. The van der Waals surface area contributed by atoms with Gasteiger partial charge in [-0.25, -0.2) is 0 Å². The zero-order chi connectivity index (χ0) is 5.98. The van der Waals surface area contributed by atoms with E-state index in [0.717, 1.165) is 19.5 Å². The summed E-state index contributed by atoms with van der Waals surface area (Å²) in [5, 5.41) is 12.2. The summed E-state index contributed by atoms with van der Waals surface area (Å²) in [6.07, 6.45) is 0.867. The van der Waals surface area contributed by atoms with Gasteiger partial charge in [-0.05, 0) is 18.9 Å². The normalized spacial score (nSPS) is 35.3. The van der Waals surface area contributed by atoms with Crippen LogP contribution in [0.3, 0.4) is 0 Å². The van der Waals surface area contributed by atoms with E-state index in [9.17, 15) is 0 Å². The Labute approximate surface area is 62.1 Å². The lowest BCUT2D eigenvalue weighted by molar-refractivity contribution is 0.119. The summed E-state index contributed by atoms with van der Waals surface area (Å²) < 4.78 is 0. The molecule has 0 aromatic heterocycles. The van der Waals surface area contributed by atoms with Crippen molar-refractivity contribution in [2.75, 3.05) is 13.1 Å². The third-order valence-electron chi connectivity index (χ3n) is 1.55. The van der Waals surface area contributed by atoms with Gasteiger partial charge >= 0.3 is 0 Å². The first-order valence-corrected chi connectivity index (χ1v) is 3.18. The molecule has 0 spiro atoms. The monoisotopic (exact) mass is 151 g/mol. The van der Waals surface area contributed by atoms with Gasteiger partial charge in [-0.2, -0.15) is 0 Å². The van der Waals surface area contributed by atoms with Gasteiger partial charge in [0.15, 0.2) is 0 Å². The highest BCUT2D eigenvalue weighted by molar-refractivity contribution is 5.85. The van der Waals surface area contributed by atoms with E-state index in [1.54, 1.807) is 0 Å². The van der Waals surface area contributed by atoms with Gasteiger partial charge in [-0.3, -0.25) is 0 Å². The topological polar surface area (TPSA) is 32.3 Å². The lowest BCUT2D eigenvalue weighted by Gasteiger charge is -2.23. The van der Waals surface area contributed by atoms with Crippen LogP contribution in [0.4, 0.5) is 0 Å². The van der Waals surface area contributed by atoms with Crippen LogP contribution in [0.1, 0.15) is 13.3 Å². The second kappa shape index (κ2) is 4.09. The molecule has 9 heavy (non-hydrogen) atoms. The SMILES string of the molecule is C[C@H]1CNC[C@H](O)C1.Cl. The molecule has 1 aliphatic heterocycles. The van der Waals surface area contributed by atoms with E-state index in [1.807, 2.05) is 0 Å². The van der Waals surface area contributed by atoms with Crippen molar-refractivity contribution in [3.05, 3.63) is 0 Å². The molecule has 2 atom stereocenters. The minimum atomic E-state index is -0.0984. The molecule has 1 heterocycles. The number of hydrogen-bond donors (Lipinski definition) is 2. The van der Waals surface area contributed by atoms with Crippen LogP contribution in [-0.2, 0) is 0 Å². The number of halogens is 1. The van der Waals surface area contributed by atoms with Crippen LogP contribution >= 0.6 is 12.4 Å². The third kappa shape index (κ3) is 3.04. The number of piperidine rings is 1. The number of hydrogen-bond acceptors (Lipinski definition) is 2. The number of aliphatic hydroxyl groups is 1. The summed E-state index contributed by atoms with van der Waals surface area (Å²) >= 11 is 0. The van der Waals surface area contributed by atoms with Gasteiger partial charge in [-0.1, -0.05) is 6.92 Å². The molecule has 0 aromatic carbocycles. The van der Waals surface area contributed by atoms with Gasteiger partial charge in [0.2, 0.25) is 0 Å². The Kier molecular flexibility index (Phi) is 4.19. The van der Waals surface area contributed by atoms with Gasteiger partial charge in [0.05, 0.1) is 6.10 Å². The molecule has 0 unspecified atom stereocenters. The van der Waals surface area contributed by atoms with Crippen molar-refractivity contribution in [3.8, 4) is 0 Å². The number of aliphatic hydroxyl groups excluding tert-OH is 1. The summed E-state index contributed by atoms with van der Waals surface area (Å²) in [4.78, 5) is 0. The molecule has 0 aliphatic carbocycles. The molecule has 0 saturated carbocycles. The Balaban J connectivity index is 0.000000640. The number of rotatable bonds is 0. The molecule has 0 bridgehead atoms. The lowest BCUT2D eigenvalue weighted by atomic mass is 10.0. The molecule has 0 amide bonds. The predicted molar refractivity (Wildman–Crippen MR) is 39.9 cm³/mol.